The molecule has 1 aliphatic heterocycles. The van der Waals surface area contributed by atoms with Gasteiger partial charge in [0.05, 0.1) is 12.8 Å². The quantitative estimate of drug-likeness (QED) is 0.426. The van der Waals surface area contributed by atoms with Crippen LogP contribution >= 0.6 is 0 Å². The summed E-state index contributed by atoms with van der Waals surface area (Å²) in [4.78, 5) is 19.2. The van der Waals surface area contributed by atoms with Crippen molar-refractivity contribution in [2.45, 2.75) is 19.0 Å². The Bertz CT molecular complexity index is 1300. The van der Waals surface area contributed by atoms with Crippen LogP contribution in [0, 0.1) is 0 Å². The molecule has 2 aromatic carbocycles. The second kappa shape index (κ2) is 9.02. The molecule has 0 saturated carbocycles. The van der Waals surface area contributed by atoms with E-state index in [1.54, 1.807) is 24.6 Å². The van der Waals surface area contributed by atoms with Crippen molar-refractivity contribution in [1.82, 2.24) is 10.3 Å². The number of anilines is 2. The first-order valence-corrected chi connectivity index (χ1v) is 10.9. The molecule has 0 spiro atoms. The second-order valence-electron chi connectivity index (χ2n) is 8.16. The maximum atomic E-state index is 13.2. The maximum Gasteiger partial charge on any atom is 0.251 e. The highest BCUT2D eigenvalue weighted by Crippen LogP contribution is 2.36. The van der Waals surface area contributed by atoms with Crippen molar-refractivity contribution in [3.8, 4) is 0 Å². The van der Waals surface area contributed by atoms with Crippen LogP contribution in [0.5, 0.6) is 0 Å². The van der Waals surface area contributed by atoms with Crippen LogP contribution in [0.3, 0.4) is 0 Å². The molecular weight excluding hydrogens is 424 g/mol. The van der Waals surface area contributed by atoms with Crippen molar-refractivity contribution in [2.75, 3.05) is 24.7 Å². The average Bonchev–Trinajstić information content (AvgIpc) is 3.49. The van der Waals surface area contributed by atoms with Gasteiger partial charge in [-0.3, -0.25) is 4.79 Å². The van der Waals surface area contributed by atoms with Crippen molar-refractivity contribution < 1.29 is 18.0 Å². The maximum absolute atomic E-state index is 13.2. The van der Waals surface area contributed by atoms with Crippen LogP contribution in [-0.4, -0.2) is 36.8 Å². The fourth-order valence-electron chi connectivity index (χ4n) is 4.32. The Morgan fingerprint density at radius 2 is 2.03 bits per heavy atom. The molecule has 0 aliphatic carbocycles. The number of carbonyl (C=O) groups is 1. The minimum atomic E-state index is -1.69. The molecule has 33 heavy (non-hydrogen) atoms. The summed E-state index contributed by atoms with van der Waals surface area (Å²) in [6, 6.07) is 17.7. The molecule has 1 aliphatic rings. The van der Waals surface area contributed by atoms with Gasteiger partial charge in [-0.15, -0.1) is 0 Å². The van der Waals surface area contributed by atoms with Crippen LogP contribution in [0.15, 0.2) is 71.5 Å². The van der Waals surface area contributed by atoms with Crippen molar-refractivity contribution in [2.24, 2.45) is 0 Å². The summed E-state index contributed by atoms with van der Waals surface area (Å²) in [5, 5.41) is 3.56. The highest BCUT2D eigenvalue weighted by atomic mass is 19.2. The van der Waals surface area contributed by atoms with Crippen molar-refractivity contribution >= 4 is 28.4 Å². The SMILES string of the molecule is O=C(NCC(F)CF)c1cccc2c1CCN2c1cc(Cc2ccc3occc3c2)ccn1. The van der Waals surface area contributed by atoms with Crippen LogP contribution in [0.2, 0.25) is 0 Å². The molecule has 1 N–H and O–H groups in total. The third-order valence-corrected chi connectivity index (χ3v) is 5.94. The van der Waals surface area contributed by atoms with Gasteiger partial charge in [0.25, 0.3) is 5.91 Å². The number of alkyl halides is 2. The zero-order valence-electron chi connectivity index (χ0n) is 17.9. The van der Waals surface area contributed by atoms with E-state index >= 15 is 0 Å². The molecule has 1 unspecified atom stereocenters. The van der Waals surface area contributed by atoms with E-state index in [2.05, 4.69) is 33.4 Å². The topological polar surface area (TPSA) is 58.4 Å². The summed E-state index contributed by atoms with van der Waals surface area (Å²) in [5.41, 5.74) is 5.48. The zero-order valence-corrected chi connectivity index (χ0v) is 17.9. The van der Waals surface area contributed by atoms with Gasteiger partial charge in [0.1, 0.15) is 24.2 Å². The van der Waals surface area contributed by atoms with E-state index in [1.807, 2.05) is 24.3 Å². The summed E-state index contributed by atoms with van der Waals surface area (Å²) in [6.45, 7) is -0.761. The lowest BCUT2D eigenvalue weighted by atomic mass is 10.0. The highest BCUT2D eigenvalue weighted by Gasteiger charge is 2.26. The second-order valence-corrected chi connectivity index (χ2v) is 8.16. The average molecular weight is 447 g/mol. The molecule has 5 nitrogen and oxygen atoms in total. The number of nitrogens with zero attached hydrogens (tertiary/aromatic N) is 2. The Balaban J connectivity index is 1.37. The van der Waals surface area contributed by atoms with E-state index in [4.69, 9.17) is 4.42 Å². The fraction of sp³-hybridized carbons (Fsp3) is 0.231. The summed E-state index contributed by atoms with van der Waals surface area (Å²) in [7, 11) is 0. The smallest absolute Gasteiger partial charge is 0.251 e. The third-order valence-electron chi connectivity index (χ3n) is 5.94. The Labute approximate surface area is 190 Å². The lowest BCUT2D eigenvalue weighted by Gasteiger charge is -2.19. The molecule has 4 aromatic rings. The molecular formula is C26H23F2N3O2. The number of halogens is 2. The molecule has 0 bridgehead atoms. The van der Waals surface area contributed by atoms with Gasteiger partial charge in [0.15, 0.2) is 0 Å². The molecule has 5 rings (SSSR count). The van der Waals surface area contributed by atoms with E-state index in [1.165, 1.54) is 5.56 Å². The normalized spacial score (nSPS) is 13.8. The minimum Gasteiger partial charge on any atom is -0.464 e. The number of fused-ring (bicyclic) bond motifs is 2. The number of furan rings is 1. The lowest BCUT2D eigenvalue weighted by molar-refractivity contribution is 0.0937. The van der Waals surface area contributed by atoms with Crippen LogP contribution in [0.4, 0.5) is 20.3 Å². The highest BCUT2D eigenvalue weighted by molar-refractivity contribution is 5.98. The number of hydrogen-bond donors (Lipinski definition) is 1. The minimum absolute atomic E-state index is 0.336. The summed E-state index contributed by atoms with van der Waals surface area (Å²) < 4.78 is 31.0. The molecule has 0 fully saturated rings. The third kappa shape index (κ3) is 4.31. The Morgan fingerprint density at radius 3 is 2.91 bits per heavy atom. The molecule has 1 amide bonds. The predicted octanol–water partition coefficient (Wildman–Crippen LogP) is 5.15. The van der Waals surface area contributed by atoms with Crippen LogP contribution < -0.4 is 10.2 Å². The van der Waals surface area contributed by atoms with E-state index in [0.717, 1.165) is 40.0 Å². The van der Waals surface area contributed by atoms with Crippen molar-refractivity contribution in [3.05, 3.63) is 89.3 Å². The van der Waals surface area contributed by atoms with Gasteiger partial charge < -0.3 is 14.6 Å². The molecule has 1 atom stereocenters. The van der Waals surface area contributed by atoms with E-state index in [0.29, 0.717) is 18.5 Å². The Morgan fingerprint density at radius 1 is 1.15 bits per heavy atom. The number of pyridine rings is 1. The van der Waals surface area contributed by atoms with E-state index in [9.17, 15) is 13.6 Å². The Hall–Kier alpha value is -3.74. The van der Waals surface area contributed by atoms with Crippen molar-refractivity contribution in [3.63, 3.8) is 0 Å². The van der Waals surface area contributed by atoms with Crippen molar-refractivity contribution in [1.29, 1.82) is 0 Å². The summed E-state index contributed by atoms with van der Waals surface area (Å²) >= 11 is 0. The molecule has 0 radical (unpaired) electrons. The van der Waals surface area contributed by atoms with Crippen LogP contribution in [0.1, 0.15) is 27.0 Å². The van der Waals surface area contributed by atoms with Gasteiger partial charge in [-0.1, -0.05) is 12.1 Å². The first-order chi connectivity index (χ1) is 16.1. The van der Waals surface area contributed by atoms with Gasteiger partial charge >= 0.3 is 0 Å². The molecule has 7 heteroatoms. The predicted molar refractivity (Wildman–Crippen MR) is 124 cm³/mol. The molecule has 3 heterocycles. The number of hydrogen-bond acceptors (Lipinski definition) is 4. The number of nitrogens with one attached hydrogen (secondary N) is 1. The van der Waals surface area contributed by atoms with Crippen LogP contribution in [0.25, 0.3) is 11.0 Å². The largest absolute Gasteiger partial charge is 0.464 e. The first-order valence-electron chi connectivity index (χ1n) is 10.9. The molecule has 2 aromatic heterocycles. The zero-order chi connectivity index (χ0) is 22.8. The number of benzene rings is 2. The standard InChI is InChI=1S/C26H23F2N3O2/c27-15-20(28)16-30-26(32)22-2-1-3-23-21(22)7-10-31(23)25-14-18(6-9-29-25)12-17-4-5-24-19(13-17)8-11-33-24/h1-6,8-9,11,13-14,20H,7,10,12,15-16H2,(H,30,32). The van der Waals surface area contributed by atoms with E-state index in [-0.39, 0.29) is 12.5 Å². The van der Waals surface area contributed by atoms with Crippen LogP contribution in [-0.2, 0) is 12.8 Å². The summed E-state index contributed by atoms with van der Waals surface area (Å²) in [6.07, 6.45) is 3.23. The molecule has 168 valence electrons. The van der Waals surface area contributed by atoms with Gasteiger partial charge in [-0.05, 0) is 72.0 Å². The van der Waals surface area contributed by atoms with Gasteiger partial charge in [0, 0.05) is 29.4 Å². The Kier molecular flexibility index (Phi) is 5.77. The fourth-order valence-corrected chi connectivity index (χ4v) is 4.32. The summed E-state index contributed by atoms with van der Waals surface area (Å²) in [5.74, 6) is 0.426. The number of carbonyl (C=O) groups excluding carboxylic acids is 1. The first kappa shape index (κ1) is 21.1. The van der Waals surface area contributed by atoms with Gasteiger partial charge in [0.2, 0.25) is 0 Å². The number of amides is 1. The van der Waals surface area contributed by atoms with E-state index < -0.39 is 12.8 Å². The monoisotopic (exact) mass is 447 g/mol. The number of rotatable bonds is 7. The number of aromatic nitrogens is 1. The van der Waals surface area contributed by atoms with Gasteiger partial charge in [-0.2, -0.15) is 0 Å². The van der Waals surface area contributed by atoms with Gasteiger partial charge in [-0.25, -0.2) is 13.8 Å². The lowest BCUT2D eigenvalue weighted by Crippen LogP contribution is -2.31. The molecule has 0 saturated heterocycles.